The fourth-order valence-electron chi connectivity index (χ4n) is 4.41. The largest absolute Gasteiger partial charge is 0.494 e. The summed E-state index contributed by atoms with van der Waals surface area (Å²) in [5.41, 5.74) is 2.18. The first-order valence-electron chi connectivity index (χ1n) is 14.9. The molecule has 5 nitrogen and oxygen atoms in total. The highest BCUT2D eigenvalue weighted by Gasteiger charge is 2.11. The minimum atomic E-state index is -0.462. The van der Waals surface area contributed by atoms with Gasteiger partial charge in [-0.25, -0.2) is 9.59 Å². The Labute approximate surface area is 239 Å². The zero-order chi connectivity index (χ0) is 28.4. The Morgan fingerprint density at radius 2 is 0.925 bits per heavy atom. The van der Waals surface area contributed by atoms with Gasteiger partial charge in [0.2, 0.25) is 0 Å². The third kappa shape index (κ3) is 11.3. The standard InChI is InChI=1S/C35H44O5/c1-3-5-7-9-10-11-12-14-28-15-17-29(18-16-28)34(36)39-32-23-25-33(26-24-32)40-35(37)30-19-21-31(22-20-30)38-27-13-8-6-4-2/h15-26H,3-14,27H2,1-2H3. The number of carbonyl (C=O) groups excluding carboxylic acids is 2. The van der Waals surface area contributed by atoms with Gasteiger partial charge in [0.25, 0.3) is 0 Å². The molecule has 0 saturated carbocycles. The van der Waals surface area contributed by atoms with Gasteiger partial charge in [0.1, 0.15) is 17.2 Å². The lowest BCUT2D eigenvalue weighted by Crippen LogP contribution is -2.09. The average Bonchev–Trinajstić information content (AvgIpc) is 2.98. The molecular weight excluding hydrogens is 500 g/mol. The quantitative estimate of drug-likeness (QED) is 0.0907. The Hall–Kier alpha value is -3.60. The van der Waals surface area contributed by atoms with Gasteiger partial charge in [0.05, 0.1) is 17.7 Å². The summed E-state index contributed by atoms with van der Waals surface area (Å²) in [7, 11) is 0. The molecule has 40 heavy (non-hydrogen) atoms. The van der Waals surface area contributed by atoms with E-state index in [1.165, 1.54) is 63.4 Å². The average molecular weight is 545 g/mol. The maximum atomic E-state index is 12.6. The summed E-state index contributed by atoms with van der Waals surface area (Å²) in [6.45, 7) is 5.09. The predicted molar refractivity (Wildman–Crippen MR) is 161 cm³/mol. The Balaban J connectivity index is 1.40. The van der Waals surface area contributed by atoms with Crippen molar-refractivity contribution in [3.05, 3.63) is 89.5 Å². The number of hydrogen-bond donors (Lipinski definition) is 0. The molecule has 3 rings (SSSR count). The lowest BCUT2D eigenvalue weighted by Gasteiger charge is -2.09. The van der Waals surface area contributed by atoms with Crippen molar-refractivity contribution >= 4 is 11.9 Å². The zero-order valence-electron chi connectivity index (χ0n) is 24.2. The number of esters is 2. The Morgan fingerprint density at radius 1 is 0.500 bits per heavy atom. The van der Waals surface area contributed by atoms with Crippen LogP contribution in [0.3, 0.4) is 0 Å². The van der Waals surface area contributed by atoms with Crippen LogP contribution in [-0.2, 0) is 6.42 Å². The first-order chi connectivity index (χ1) is 19.6. The zero-order valence-corrected chi connectivity index (χ0v) is 24.2. The second kappa shape index (κ2) is 17.9. The van der Waals surface area contributed by atoms with Crippen molar-refractivity contribution in [2.45, 2.75) is 90.9 Å². The van der Waals surface area contributed by atoms with E-state index in [2.05, 4.69) is 13.8 Å². The lowest BCUT2D eigenvalue weighted by atomic mass is 10.0. The summed E-state index contributed by atoms with van der Waals surface area (Å²) < 4.78 is 16.7. The fraction of sp³-hybridized carbons (Fsp3) is 0.429. The monoisotopic (exact) mass is 544 g/mol. The van der Waals surface area contributed by atoms with E-state index in [4.69, 9.17) is 14.2 Å². The first-order valence-corrected chi connectivity index (χ1v) is 14.9. The van der Waals surface area contributed by atoms with Crippen LogP contribution in [0.1, 0.15) is 111 Å². The van der Waals surface area contributed by atoms with E-state index in [0.717, 1.165) is 25.0 Å². The van der Waals surface area contributed by atoms with E-state index in [0.29, 0.717) is 29.2 Å². The van der Waals surface area contributed by atoms with Gasteiger partial charge in [0.15, 0.2) is 0 Å². The van der Waals surface area contributed by atoms with Gasteiger partial charge in [-0.1, -0.05) is 83.8 Å². The lowest BCUT2D eigenvalue weighted by molar-refractivity contribution is 0.0719. The smallest absolute Gasteiger partial charge is 0.343 e. The molecule has 3 aromatic carbocycles. The molecule has 0 aliphatic rings. The van der Waals surface area contributed by atoms with Crippen molar-refractivity contribution in [3.63, 3.8) is 0 Å². The summed E-state index contributed by atoms with van der Waals surface area (Å²) in [4.78, 5) is 25.1. The molecule has 0 aliphatic heterocycles. The van der Waals surface area contributed by atoms with Crippen molar-refractivity contribution in [1.29, 1.82) is 0 Å². The van der Waals surface area contributed by atoms with Crippen molar-refractivity contribution in [3.8, 4) is 17.2 Å². The SMILES string of the molecule is CCCCCCCCCc1ccc(C(=O)Oc2ccc(OC(=O)c3ccc(OCCCCCC)cc3)cc2)cc1. The second-order valence-electron chi connectivity index (χ2n) is 10.3. The Kier molecular flexibility index (Phi) is 13.8. The molecule has 0 atom stereocenters. The molecule has 0 radical (unpaired) electrons. The van der Waals surface area contributed by atoms with Crippen molar-refractivity contribution in [1.82, 2.24) is 0 Å². The molecule has 0 aromatic heterocycles. The highest BCUT2D eigenvalue weighted by atomic mass is 16.5. The van der Waals surface area contributed by atoms with E-state index in [9.17, 15) is 9.59 Å². The molecule has 0 bridgehead atoms. The van der Waals surface area contributed by atoms with Crippen LogP contribution < -0.4 is 14.2 Å². The van der Waals surface area contributed by atoms with E-state index >= 15 is 0 Å². The second-order valence-corrected chi connectivity index (χ2v) is 10.3. The number of rotatable bonds is 18. The maximum absolute atomic E-state index is 12.6. The molecule has 0 spiro atoms. The van der Waals surface area contributed by atoms with E-state index in [1.54, 1.807) is 48.5 Å². The van der Waals surface area contributed by atoms with Crippen molar-refractivity contribution in [2.24, 2.45) is 0 Å². The van der Waals surface area contributed by atoms with Crippen LogP contribution in [0, 0.1) is 0 Å². The molecular formula is C35H44O5. The Morgan fingerprint density at radius 3 is 1.45 bits per heavy atom. The van der Waals surface area contributed by atoms with Gasteiger partial charge in [-0.05, 0) is 85.5 Å². The summed E-state index contributed by atoms with van der Waals surface area (Å²) >= 11 is 0. The molecule has 0 fully saturated rings. The molecule has 0 unspecified atom stereocenters. The van der Waals surface area contributed by atoms with Crippen molar-refractivity contribution in [2.75, 3.05) is 6.61 Å². The van der Waals surface area contributed by atoms with Gasteiger partial charge < -0.3 is 14.2 Å². The third-order valence-corrected chi connectivity index (χ3v) is 6.86. The number of benzene rings is 3. The summed E-state index contributed by atoms with van der Waals surface area (Å²) in [5.74, 6) is 0.617. The molecule has 0 heterocycles. The highest BCUT2D eigenvalue weighted by Crippen LogP contribution is 2.21. The van der Waals surface area contributed by atoms with Crippen molar-refractivity contribution < 1.29 is 23.8 Å². The predicted octanol–water partition coefficient (Wildman–Crippen LogP) is 9.38. The summed E-state index contributed by atoms with van der Waals surface area (Å²) in [6.07, 6.45) is 14.6. The molecule has 0 N–H and O–H groups in total. The van der Waals surface area contributed by atoms with Gasteiger partial charge in [-0.15, -0.1) is 0 Å². The molecule has 5 heteroatoms. The van der Waals surface area contributed by atoms with E-state index < -0.39 is 11.9 Å². The Bertz CT molecular complexity index is 1130. The van der Waals surface area contributed by atoms with Crippen LogP contribution in [0.4, 0.5) is 0 Å². The summed E-state index contributed by atoms with van der Waals surface area (Å²) in [5, 5.41) is 0. The minimum absolute atomic E-state index is 0.371. The third-order valence-electron chi connectivity index (χ3n) is 6.86. The van der Waals surface area contributed by atoms with Gasteiger partial charge in [-0.2, -0.15) is 0 Å². The van der Waals surface area contributed by atoms with Crippen LogP contribution in [0.15, 0.2) is 72.8 Å². The first kappa shape index (κ1) is 30.9. The van der Waals surface area contributed by atoms with Crippen LogP contribution in [0.2, 0.25) is 0 Å². The summed E-state index contributed by atoms with van der Waals surface area (Å²) in [6, 6.07) is 21.0. The van der Waals surface area contributed by atoms with Crippen LogP contribution >= 0.6 is 0 Å². The van der Waals surface area contributed by atoms with E-state index in [-0.39, 0.29) is 0 Å². The molecule has 0 saturated heterocycles. The maximum Gasteiger partial charge on any atom is 0.343 e. The van der Waals surface area contributed by atoms with Crippen LogP contribution in [0.25, 0.3) is 0 Å². The van der Waals surface area contributed by atoms with Gasteiger partial charge >= 0.3 is 11.9 Å². The molecule has 0 amide bonds. The number of hydrogen-bond acceptors (Lipinski definition) is 5. The van der Waals surface area contributed by atoms with Gasteiger partial charge in [0, 0.05) is 0 Å². The molecule has 3 aromatic rings. The normalized spacial score (nSPS) is 10.8. The minimum Gasteiger partial charge on any atom is -0.494 e. The molecule has 0 aliphatic carbocycles. The van der Waals surface area contributed by atoms with Gasteiger partial charge in [-0.3, -0.25) is 0 Å². The number of unbranched alkanes of at least 4 members (excludes halogenated alkanes) is 9. The van der Waals surface area contributed by atoms with Crippen LogP contribution in [0.5, 0.6) is 17.2 Å². The van der Waals surface area contributed by atoms with E-state index in [1.807, 2.05) is 24.3 Å². The fourth-order valence-corrected chi connectivity index (χ4v) is 4.41. The highest BCUT2D eigenvalue weighted by molar-refractivity contribution is 5.92. The topological polar surface area (TPSA) is 61.8 Å². The number of carbonyl (C=O) groups is 2. The van der Waals surface area contributed by atoms with Crippen LogP contribution in [-0.4, -0.2) is 18.5 Å². The molecule has 214 valence electrons. The number of ether oxygens (including phenoxy) is 3. The number of aryl methyl sites for hydroxylation is 1.